The maximum Gasteiger partial charge on any atom is 0.223 e. The minimum absolute atomic E-state index is 0.0442. The summed E-state index contributed by atoms with van der Waals surface area (Å²) in [6, 6.07) is 6.78. The van der Waals surface area contributed by atoms with Crippen LogP contribution in [0.3, 0.4) is 0 Å². The Morgan fingerprint density at radius 1 is 1.29 bits per heavy atom. The molecule has 5 heteroatoms. The van der Waals surface area contributed by atoms with E-state index in [0.29, 0.717) is 10.8 Å². The highest BCUT2D eigenvalue weighted by molar-refractivity contribution is 7.91. The predicted octanol–water partition coefficient (Wildman–Crippen LogP) is 2.42. The van der Waals surface area contributed by atoms with Crippen molar-refractivity contribution in [1.29, 1.82) is 0 Å². The first-order valence-electron chi connectivity index (χ1n) is 7.46. The summed E-state index contributed by atoms with van der Waals surface area (Å²) in [5.74, 6) is 0.355. The van der Waals surface area contributed by atoms with Gasteiger partial charge in [-0.3, -0.25) is 4.79 Å². The van der Waals surface area contributed by atoms with Crippen LogP contribution in [0, 0.1) is 12.8 Å². The summed E-state index contributed by atoms with van der Waals surface area (Å²) in [5.41, 5.74) is 1.02. The maximum absolute atomic E-state index is 12.2. The Morgan fingerprint density at radius 3 is 2.57 bits per heavy atom. The van der Waals surface area contributed by atoms with Gasteiger partial charge in [0.2, 0.25) is 5.91 Å². The summed E-state index contributed by atoms with van der Waals surface area (Å²) in [4.78, 5) is 14.2. The van der Waals surface area contributed by atoms with Crippen molar-refractivity contribution in [3.8, 4) is 0 Å². The van der Waals surface area contributed by atoms with Gasteiger partial charge in [0.25, 0.3) is 0 Å². The molecule has 1 saturated heterocycles. The van der Waals surface area contributed by atoms with E-state index in [4.69, 9.17) is 0 Å². The van der Waals surface area contributed by atoms with Crippen LogP contribution >= 0.6 is 0 Å². The second kappa shape index (κ2) is 6.60. The Balaban J connectivity index is 1.95. The molecule has 0 saturated carbocycles. The zero-order valence-electron chi connectivity index (χ0n) is 12.7. The Hall–Kier alpha value is -1.36. The Labute approximate surface area is 127 Å². The molecule has 1 aliphatic heterocycles. The number of aryl methyl sites for hydroxylation is 1. The highest BCUT2D eigenvalue weighted by Crippen LogP contribution is 2.18. The number of likely N-dealkylation sites (tertiary alicyclic amines) is 1. The summed E-state index contributed by atoms with van der Waals surface area (Å²) in [6.07, 6.45) is 2.23. The maximum atomic E-state index is 12.2. The summed E-state index contributed by atoms with van der Waals surface area (Å²) in [7, 11) is -3.37. The summed E-state index contributed by atoms with van der Waals surface area (Å²) in [5, 5.41) is 0. The van der Waals surface area contributed by atoms with Crippen molar-refractivity contribution in [1.82, 2.24) is 4.90 Å². The van der Waals surface area contributed by atoms with Crippen LogP contribution < -0.4 is 0 Å². The molecule has 1 fully saturated rings. The van der Waals surface area contributed by atoms with E-state index in [9.17, 15) is 13.2 Å². The molecule has 1 atom stereocenters. The number of amides is 1. The molecule has 0 bridgehead atoms. The largest absolute Gasteiger partial charge is 0.342 e. The van der Waals surface area contributed by atoms with Crippen molar-refractivity contribution in [3.63, 3.8) is 0 Å². The highest BCUT2D eigenvalue weighted by atomic mass is 32.2. The van der Waals surface area contributed by atoms with Gasteiger partial charge in [0, 0.05) is 19.5 Å². The highest BCUT2D eigenvalue weighted by Gasteiger charge is 2.23. The van der Waals surface area contributed by atoms with E-state index < -0.39 is 9.84 Å². The van der Waals surface area contributed by atoms with E-state index in [-0.39, 0.29) is 18.1 Å². The molecule has 1 unspecified atom stereocenters. The third-order valence-corrected chi connectivity index (χ3v) is 5.71. The summed E-state index contributed by atoms with van der Waals surface area (Å²) < 4.78 is 24.4. The number of piperidine rings is 1. The van der Waals surface area contributed by atoms with E-state index in [1.807, 2.05) is 6.92 Å². The van der Waals surface area contributed by atoms with Crippen LogP contribution in [0.4, 0.5) is 0 Å². The van der Waals surface area contributed by atoms with Gasteiger partial charge in [0.05, 0.1) is 10.6 Å². The van der Waals surface area contributed by atoms with Gasteiger partial charge in [-0.15, -0.1) is 0 Å². The first-order chi connectivity index (χ1) is 9.88. The van der Waals surface area contributed by atoms with Crippen LogP contribution in [0.1, 0.15) is 31.7 Å². The Morgan fingerprint density at radius 2 is 1.95 bits per heavy atom. The molecular formula is C16H23NO3S. The third-order valence-electron chi connectivity index (χ3n) is 3.97. The summed E-state index contributed by atoms with van der Waals surface area (Å²) >= 11 is 0. The Kier molecular flexibility index (Phi) is 5.04. The lowest BCUT2D eigenvalue weighted by Crippen LogP contribution is -2.39. The van der Waals surface area contributed by atoms with Gasteiger partial charge >= 0.3 is 0 Å². The van der Waals surface area contributed by atoms with Crippen molar-refractivity contribution in [2.45, 2.75) is 38.0 Å². The zero-order chi connectivity index (χ0) is 15.5. The molecule has 0 N–H and O–H groups in total. The first kappa shape index (κ1) is 16.0. The topological polar surface area (TPSA) is 54.5 Å². The Bertz CT molecular complexity index is 592. The first-order valence-corrected chi connectivity index (χ1v) is 9.11. The molecule has 1 aromatic carbocycles. The molecule has 1 amide bonds. The van der Waals surface area contributed by atoms with Crippen LogP contribution in [-0.4, -0.2) is 38.1 Å². The van der Waals surface area contributed by atoms with Crippen molar-refractivity contribution in [2.75, 3.05) is 18.8 Å². The van der Waals surface area contributed by atoms with E-state index in [2.05, 4.69) is 6.92 Å². The molecule has 0 aliphatic carbocycles. The number of sulfone groups is 1. The molecule has 1 aliphatic rings. The molecule has 21 heavy (non-hydrogen) atoms. The molecule has 0 aromatic heterocycles. The van der Waals surface area contributed by atoms with Crippen LogP contribution in [0.15, 0.2) is 29.2 Å². The van der Waals surface area contributed by atoms with Crippen LogP contribution in [-0.2, 0) is 14.6 Å². The minimum atomic E-state index is -3.37. The van der Waals surface area contributed by atoms with Crippen LogP contribution in [0.5, 0.6) is 0 Å². The van der Waals surface area contributed by atoms with E-state index in [1.165, 1.54) is 0 Å². The molecule has 1 aromatic rings. The van der Waals surface area contributed by atoms with Gasteiger partial charge in [-0.05, 0) is 37.8 Å². The van der Waals surface area contributed by atoms with Crippen molar-refractivity contribution >= 4 is 15.7 Å². The van der Waals surface area contributed by atoms with Gasteiger partial charge < -0.3 is 4.90 Å². The number of nitrogens with zero attached hydrogens (tertiary/aromatic N) is 1. The van der Waals surface area contributed by atoms with E-state index in [1.54, 1.807) is 29.2 Å². The second-order valence-electron chi connectivity index (χ2n) is 5.97. The molecule has 4 nitrogen and oxygen atoms in total. The molecular weight excluding hydrogens is 286 g/mol. The third kappa shape index (κ3) is 4.30. The number of hydrogen-bond acceptors (Lipinski definition) is 3. The smallest absolute Gasteiger partial charge is 0.223 e. The van der Waals surface area contributed by atoms with Gasteiger partial charge in [-0.2, -0.15) is 0 Å². The molecule has 2 rings (SSSR count). The van der Waals surface area contributed by atoms with Crippen molar-refractivity contribution in [2.24, 2.45) is 5.92 Å². The molecule has 0 radical (unpaired) electrons. The molecule has 1 heterocycles. The SMILES string of the molecule is Cc1ccc(S(=O)(=O)CCC(=O)N2CCCC(C)C2)cc1. The fourth-order valence-corrected chi connectivity index (χ4v) is 3.89. The second-order valence-corrected chi connectivity index (χ2v) is 8.08. The molecule has 116 valence electrons. The standard InChI is InChI=1S/C16H23NO3S/c1-13-5-7-15(8-6-13)21(19,20)11-9-16(18)17-10-3-4-14(2)12-17/h5-8,14H,3-4,9-12H2,1-2H3. The van der Waals surface area contributed by atoms with Gasteiger partial charge in [-0.25, -0.2) is 8.42 Å². The quantitative estimate of drug-likeness (QED) is 0.858. The average Bonchev–Trinajstić information content (AvgIpc) is 2.45. The van der Waals surface area contributed by atoms with E-state index >= 15 is 0 Å². The average molecular weight is 309 g/mol. The number of carbonyl (C=O) groups excluding carboxylic acids is 1. The number of benzene rings is 1. The van der Waals surface area contributed by atoms with Gasteiger partial charge in [0.15, 0.2) is 9.84 Å². The number of carbonyl (C=O) groups is 1. The fraction of sp³-hybridized carbons (Fsp3) is 0.562. The van der Waals surface area contributed by atoms with Crippen LogP contribution in [0.2, 0.25) is 0 Å². The van der Waals surface area contributed by atoms with Crippen molar-refractivity contribution in [3.05, 3.63) is 29.8 Å². The fourth-order valence-electron chi connectivity index (χ4n) is 2.66. The predicted molar refractivity (Wildman–Crippen MR) is 82.8 cm³/mol. The van der Waals surface area contributed by atoms with Crippen LogP contribution in [0.25, 0.3) is 0 Å². The lowest BCUT2D eigenvalue weighted by Gasteiger charge is -2.31. The van der Waals surface area contributed by atoms with Gasteiger partial charge in [-0.1, -0.05) is 24.6 Å². The normalized spacial score (nSPS) is 19.5. The monoisotopic (exact) mass is 309 g/mol. The summed E-state index contributed by atoms with van der Waals surface area (Å²) in [6.45, 7) is 5.55. The molecule has 0 spiro atoms. The minimum Gasteiger partial charge on any atom is -0.342 e. The lowest BCUT2D eigenvalue weighted by atomic mass is 10.0. The van der Waals surface area contributed by atoms with E-state index in [0.717, 1.165) is 31.5 Å². The lowest BCUT2D eigenvalue weighted by molar-refractivity contribution is -0.132. The zero-order valence-corrected chi connectivity index (χ0v) is 13.5. The number of rotatable bonds is 4. The van der Waals surface area contributed by atoms with Gasteiger partial charge in [0.1, 0.15) is 0 Å². The number of hydrogen-bond donors (Lipinski definition) is 0. The van der Waals surface area contributed by atoms with Crippen molar-refractivity contribution < 1.29 is 13.2 Å².